The summed E-state index contributed by atoms with van der Waals surface area (Å²) in [6.45, 7) is 6.28. The van der Waals surface area contributed by atoms with Crippen LogP contribution in [0.25, 0.3) is 0 Å². The van der Waals surface area contributed by atoms with E-state index in [1.54, 1.807) is 39.4 Å². The van der Waals surface area contributed by atoms with E-state index in [0.29, 0.717) is 24.6 Å². The first-order valence-corrected chi connectivity index (χ1v) is 6.34. The minimum atomic E-state index is -0.832. The van der Waals surface area contributed by atoms with Gasteiger partial charge in [-0.3, -0.25) is 4.79 Å². The number of aliphatic carboxylic acids is 1. The van der Waals surface area contributed by atoms with E-state index in [2.05, 4.69) is 6.58 Å². The number of ether oxygens (including phenoxy) is 2. The number of carboxylic acids is 1. The first-order valence-electron chi connectivity index (χ1n) is 6.34. The first-order chi connectivity index (χ1) is 9.53. The number of rotatable bonds is 8. The third kappa shape index (κ3) is 3.91. The Morgan fingerprint density at radius 3 is 2.65 bits per heavy atom. The van der Waals surface area contributed by atoms with Crippen LogP contribution < -0.4 is 14.4 Å². The predicted molar refractivity (Wildman–Crippen MR) is 78.8 cm³/mol. The molecule has 0 aliphatic rings. The van der Waals surface area contributed by atoms with Gasteiger partial charge in [0.05, 0.1) is 25.8 Å². The summed E-state index contributed by atoms with van der Waals surface area (Å²) in [5, 5.41) is 9.06. The number of hydrogen-bond donors (Lipinski definition) is 1. The molecule has 1 rings (SSSR count). The molecule has 110 valence electrons. The summed E-state index contributed by atoms with van der Waals surface area (Å²) in [6.07, 6.45) is 1.73. The molecule has 1 unspecified atom stereocenters. The Morgan fingerprint density at radius 1 is 1.45 bits per heavy atom. The molecule has 20 heavy (non-hydrogen) atoms. The molecule has 1 aromatic rings. The fraction of sp³-hybridized carbons (Fsp3) is 0.400. The summed E-state index contributed by atoms with van der Waals surface area (Å²) in [5.74, 6) is 0.0369. The van der Waals surface area contributed by atoms with E-state index in [-0.39, 0.29) is 0 Å². The average molecular weight is 279 g/mol. The second-order valence-electron chi connectivity index (χ2n) is 4.47. The SMILES string of the molecule is C=CCN(CC(C)C(=O)O)c1cc(OC)ccc1OC. The maximum Gasteiger partial charge on any atom is 0.308 e. The lowest BCUT2D eigenvalue weighted by molar-refractivity contribution is -0.140. The molecule has 1 atom stereocenters. The van der Waals surface area contributed by atoms with Crippen molar-refractivity contribution < 1.29 is 19.4 Å². The Bertz CT molecular complexity index is 473. The normalized spacial score (nSPS) is 11.6. The van der Waals surface area contributed by atoms with Crippen LogP contribution in [0.1, 0.15) is 6.92 Å². The quantitative estimate of drug-likeness (QED) is 0.741. The summed E-state index contributed by atoms with van der Waals surface area (Å²) >= 11 is 0. The zero-order valence-electron chi connectivity index (χ0n) is 12.1. The largest absolute Gasteiger partial charge is 0.497 e. The fourth-order valence-electron chi connectivity index (χ4n) is 1.88. The lowest BCUT2D eigenvalue weighted by atomic mass is 10.1. The summed E-state index contributed by atoms with van der Waals surface area (Å²) in [7, 11) is 3.17. The topological polar surface area (TPSA) is 59.0 Å². The predicted octanol–water partition coefficient (Wildman–Crippen LogP) is 2.42. The van der Waals surface area contributed by atoms with E-state index in [0.717, 1.165) is 5.69 Å². The van der Waals surface area contributed by atoms with E-state index in [4.69, 9.17) is 14.6 Å². The van der Waals surface area contributed by atoms with Crippen LogP contribution in [0.4, 0.5) is 5.69 Å². The number of carboxylic acid groups (broad SMARTS) is 1. The highest BCUT2D eigenvalue weighted by Crippen LogP contribution is 2.32. The molecule has 0 aliphatic heterocycles. The van der Waals surface area contributed by atoms with Gasteiger partial charge in [-0.15, -0.1) is 6.58 Å². The van der Waals surface area contributed by atoms with Crippen LogP contribution in [0.3, 0.4) is 0 Å². The molecule has 0 saturated carbocycles. The Balaban J connectivity index is 3.11. The molecule has 0 aromatic heterocycles. The van der Waals surface area contributed by atoms with Gasteiger partial charge in [0.15, 0.2) is 0 Å². The van der Waals surface area contributed by atoms with Crippen molar-refractivity contribution in [1.29, 1.82) is 0 Å². The highest BCUT2D eigenvalue weighted by Gasteiger charge is 2.19. The monoisotopic (exact) mass is 279 g/mol. The van der Waals surface area contributed by atoms with Crippen LogP contribution >= 0.6 is 0 Å². The summed E-state index contributed by atoms with van der Waals surface area (Å²) in [4.78, 5) is 12.9. The summed E-state index contributed by atoms with van der Waals surface area (Å²) in [6, 6.07) is 5.43. The lowest BCUT2D eigenvalue weighted by Crippen LogP contribution is -2.32. The van der Waals surface area contributed by atoms with E-state index in [1.807, 2.05) is 11.0 Å². The summed E-state index contributed by atoms with van der Waals surface area (Å²) in [5.41, 5.74) is 0.792. The molecule has 0 heterocycles. The molecule has 5 nitrogen and oxygen atoms in total. The molecule has 0 bridgehead atoms. The average Bonchev–Trinajstić information content (AvgIpc) is 2.45. The van der Waals surface area contributed by atoms with Gasteiger partial charge in [0.1, 0.15) is 11.5 Å². The smallest absolute Gasteiger partial charge is 0.308 e. The van der Waals surface area contributed by atoms with Gasteiger partial charge in [0.2, 0.25) is 0 Å². The number of benzene rings is 1. The van der Waals surface area contributed by atoms with Crippen molar-refractivity contribution in [3.63, 3.8) is 0 Å². The van der Waals surface area contributed by atoms with Gasteiger partial charge in [0.25, 0.3) is 0 Å². The van der Waals surface area contributed by atoms with Gasteiger partial charge in [-0.05, 0) is 12.1 Å². The zero-order valence-corrected chi connectivity index (χ0v) is 12.1. The minimum absolute atomic E-state index is 0.366. The van der Waals surface area contributed by atoms with E-state index >= 15 is 0 Å². The van der Waals surface area contributed by atoms with Crippen LogP contribution in [0, 0.1) is 5.92 Å². The highest BCUT2D eigenvalue weighted by atomic mass is 16.5. The van der Waals surface area contributed by atoms with Crippen molar-refractivity contribution in [2.24, 2.45) is 5.92 Å². The zero-order chi connectivity index (χ0) is 15.1. The molecule has 1 aromatic carbocycles. The summed E-state index contributed by atoms with van der Waals surface area (Å²) < 4.78 is 10.5. The second-order valence-corrected chi connectivity index (χ2v) is 4.47. The van der Waals surface area contributed by atoms with Crippen molar-refractivity contribution in [3.8, 4) is 11.5 Å². The molecular weight excluding hydrogens is 258 g/mol. The Kier molecular flexibility index (Phi) is 5.90. The molecule has 0 amide bonds. The lowest BCUT2D eigenvalue weighted by Gasteiger charge is -2.27. The minimum Gasteiger partial charge on any atom is -0.497 e. The molecular formula is C15H21NO4. The van der Waals surface area contributed by atoms with Crippen LogP contribution in [-0.2, 0) is 4.79 Å². The molecule has 0 saturated heterocycles. The van der Waals surface area contributed by atoms with Gasteiger partial charge in [-0.2, -0.15) is 0 Å². The molecule has 0 aliphatic carbocycles. The van der Waals surface area contributed by atoms with Crippen LogP contribution in [0.2, 0.25) is 0 Å². The van der Waals surface area contributed by atoms with Crippen molar-refractivity contribution in [2.75, 3.05) is 32.2 Å². The van der Waals surface area contributed by atoms with Crippen molar-refractivity contribution in [2.45, 2.75) is 6.92 Å². The Hall–Kier alpha value is -2.17. The van der Waals surface area contributed by atoms with Gasteiger partial charge in [-0.1, -0.05) is 13.0 Å². The van der Waals surface area contributed by atoms with Gasteiger partial charge in [-0.25, -0.2) is 0 Å². The standard InChI is InChI=1S/C15H21NO4/c1-5-8-16(10-11(2)15(17)18)13-9-12(19-3)6-7-14(13)20-4/h5-7,9,11H,1,8,10H2,2-4H3,(H,17,18). The maximum absolute atomic E-state index is 11.0. The number of carbonyl (C=O) groups is 1. The fourth-order valence-corrected chi connectivity index (χ4v) is 1.88. The van der Waals surface area contributed by atoms with Crippen molar-refractivity contribution in [1.82, 2.24) is 0 Å². The second kappa shape index (κ2) is 7.43. The molecule has 5 heteroatoms. The Labute approximate surface area is 119 Å². The number of methoxy groups -OCH3 is 2. The Morgan fingerprint density at radius 2 is 2.15 bits per heavy atom. The van der Waals surface area contributed by atoms with Crippen molar-refractivity contribution in [3.05, 3.63) is 30.9 Å². The van der Waals surface area contributed by atoms with E-state index in [1.165, 1.54) is 0 Å². The molecule has 0 fully saturated rings. The van der Waals surface area contributed by atoms with Gasteiger partial charge >= 0.3 is 5.97 Å². The third-order valence-electron chi connectivity index (χ3n) is 2.99. The first kappa shape index (κ1) is 15.9. The number of anilines is 1. The number of nitrogens with zero attached hydrogens (tertiary/aromatic N) is 1. The van der Waals surface area contributed by atoms with Crippen molar-refractivity contribution >= 4 is 11.7 Å². The molecule has 0 spiro atoms. The maximum atomic E-state index is 11.0. The van der Waals surface area contributed by atoms with Crippen LogP contribution in [0.5, 0.6) is 11.5 Å². The highest BCUT2D eigenvalue weighted by molar-refractivity contribution is 5.71. The van der Waals surface area contributed by atoms with Gasteiger partial charge < -0.3 is 19.5 Å². The molecule has 1 N–H and O–H groups in total. The van der Waals surface area contributed by atoms with E-state index in [9.17, 15) is 4.79 Å². The third-order valence-corrected chi connectivity index (χ3v) is 2.99. The van der Waals surface area contributed by atoms with Crippen LogP contribution in [-0.4, -0.2) is 38.4 Å². The van der Waals surface area contributed by atoms with E-state index < -0.39 is 11.9 Å². The van der Waals surface area contributed by atoms with Crippen LogP contribution in [0.15, 0.2) is 30.9 Å². The molecule has 0 radical (unpaired) electrons. The van der Waals surface area contributed by atoms with Gasteiger partial charge in [0, 0.05) is 19.2 Å². The number of hydrogen-bond acceptors (Lipinski definition) is 4.